The summed E-state index contributed by atoms with van der Waals surface area (Å²) in [4.78, 5) is 0. The average molecular weight is 177 g/mol. The first kappa shape index (κ1) is 8.73. The minimum absolute atomic E-state index is 0.148. The third kappa shape index (κ3) is 1.60. The summed E-state index contributed by atoms with van der Waals surface area (Å²) in [6.45, 7) is 0. The van der Waals surface area contributed by atoms with Crippen LogP contribution in [0.4, 0.5) is 0 Å². The zero-order chi connectivity index (χ0) is 9.26. The molecule has 13 heavy (non-hydrogen) atoms. The van der Waals surface area contributed by atoms with Crippen molar-refractivity contribution >= 4 is 0 Å². The highest BCUT2D eigenvalue weighted by atomic mass is 16.5. The predicted octanol–water partition coefficient (Wildman–Crippen LogP) is 1.65. The fraction of sp³-hybridized carbons (Fsp3) is 0.455. The largest absolute Gasteiger partial charge is 0.381 e. The van der Waals surface area contributed by atoms with Gasteiger partial charge in [0.05, 0.1) is 6.10 Å². The quantitative estimate of drug-likeness (QED) is 0.708. The third-order valence-electron chi connectivity index (χ3n) is 2.75. The van der Waals surface area contributed by atoms with Gasteiger partial charge in [0.2, 0.25) is 0 Å². The van der Waals surface area contributed by atoms with Crippen LogP contribution in [0.5, 0.6) is 0 Å². The van der Waals surface area contributed by atoms with Gasteiger partial charge in [-0.3, -0.25) is 0 Å². The first-order valence-electron chi connectivity index (χ1n) is 4.67. The molecule has 0 saturated carbocycles. The fourth-order valence-corrected chi connectivity index (χ4v) is 2.00. The van der Waals surface area contributed by atoms with Crippen LogP contribution in [-0.2, 0) is 11.2 Å². The average Bonchev–Trinajstić information content (AvgIpc) is 2.18. The van der Waals surface area contributed by atoms with Gasteiger partial charge in [-0.2, -0.15) is 0 Å². The molecule has 0 radical (unpaired) electrons. The van der Waals surface area contributed by atoms with E-state index in [0.29, 0.717) is 6.10 Å². The summed E-state index contributed by atoms with van der Waals surface area (Å²) in [6, 6.07) is 8.51. The van der Waals surface area contributed by atoms with Crippen molar-refractivity contribution in [3.05, 3.63) is 35.4 Å². The Hall–Kier alpha value is -0.860. The van der Waals surface area contributed by atoms with Crippen molar-refractivity contribution in [3.8, 4) is 0 Å². The lowest BCUT2D eigenvalue weighted by atomic mass is 9.86. The van der Waals surface area contributed by atoms with Gasteiger partial charge in [-0.05, 0) is 24.0 Å². The highest BCUT2D eigenvalue weighted by Gasteiger charge is 2.23. The molecule has 2 heteroatoms. The lowest BCUT2D eigenvalue weighted by Gasteiger charge is -2.28. The van der Waals surface area contributed by atoms with Gasteiger partial charge in [-0.15, -0.1) is 0 Å². The maximum atomic E-state index is 6.03. The topological polar surface area (TPSA) is 35.2 Å². The number of methoxy groups -OCH3 is 1. The van der Waals surface area contributed by atoms with Crippen LogP contribution >= 0.6 is 0 Å². The minimum Gasteiger partial charge on any atom is -0.381 e. The van der Waals surface area contributed by atoms with Crippen LogP contribution in [0.15, 0.2) is 24.3 Å². The fourth-order valence-electron chi connectivity index (χ4n) is 2.00. The number of benzene rings is 1. The molecule has 2 N–H and O–H groups in total. The van der Waals surface area contributed by atoms with E-state index in [0.717, 1.165) is 12.8 Å². The molecule has 2 rings (SSSR count). The van der Waals surface area contributed by atoms with Gasteiger partial charge in [0, 0.05) is 13.2 Å². The van der Waals surface area contributed by atoms with Crippen LogP contribution in [0, 0.1) is 0 Å². The van der Waals surface area contributed by atoms with Gasteiger partial charge in [0.15, 0.2) is 0 Å². The molecule has 0 bridgehead atoms. The van der Waals surface area contributed by atoms with E-state index in [1.807, 2.05) is 6.07 Å². The van der Waals surface area contributed by atoms with Gasteiger partial charge >= 0.3 is 0 Å². The van der Waals surface area contributed by atoms with E-state index in [2.05, 4.69) is 18.2 Å². The molecule has 2 atom stereocenters. The van der Waals surface area contributed by atoms with E-state index in [-0.39, 0.29) is 6.04 Å². The van der Waals surface area contributed by atoms with Crippen LogP contribution in [0.1, 0.15) is 23.6 Å². The Bertz CT molecular complexity index is 298. The number of fused-ring (bicyclic) bond motifs is 1. The van der Waals surface area contributed by atoms with E-state index in [1.54, 1.807) is 7.11 Å². The van der Waals surface area contributed by atoms with E-state index < -0.39 is 0 Å². The zero-order valence-electron chi connectivity index (χ0n) is 7.86. The number of rotatable bonds is 1. The summed E-state index contributed by atoms with van der Waals surface area (Å²) in [5, 5.41) is 0. The summed E-state index contributed by atoms with van der Waals surface area (Å²) < 4.78 is 5.34. The minimum atomic E-state index is 0.148. The maximum Gasteiger partial charge on any atom is 0.0629 e. The summed E-state index contributed by atoms with van der Waals surface area (Å²) in [6.07, 6.45) is 2.23. The molecular formula is C11H15NO. The van der Waals surface area contributed by atoms with Crippen molar-refractivity contribution in [1.82, 2.24) is 0 Å². The second-order valence-electron chi connectivity index (χ2n) is 3.60. The smallest absolute Gasteiger partial charge is 0.0629 e. The monoisotopic (exact) mass is 177 g/mol. The summed E-state index contributed by atoms with van der Waals surface area (Å²) >= 11 is 0. The SMILES string of the molecule is COC1Cc2ccccc2C(N)C1. The summed E-state index contributed by atoms with van der Waals surface area (Å²) in [7, 11) is 1.76. The molecule has 0 fully saturated rings. The van der Waals surface area contributed by atoms with Crippen molar-refractivity contribution in [2.75, 3.05) is 7.11 Å². The van der Waals surface area contributed by atoms with E-state index in [4.69, 9.17) is 10.5 Å². The second-order valence-corrected chi connectivity index (χ2v) is 3.60. The highest BCUT2D eigenvalue weighted by molar-refractivity contribution is 5.32. The Morgan fingerprint density at radius 2 is 2.15 bits per heavy atom. The van der Waals surface area contributed by atoms with Gasteiger partial charge in [-0.25, -0.2) is 0 Å². The van der Waals surface area contributed by atoms with E-state index in [9.17, 15) is 0 Å². The van der Waals surface area contributed by atoms with Crippen molar-refractivity contribution in [1.29, 1.82) is 0 Å². The number of ether oxygens (including phenoxy) is 1. The molecule has 1 aromatic carbocycles. The predicted molar refractivity (Wildman–Crippen MR) is 52.5 cm³/mol. The van der Waals surface area contributed by atoms with E-state index in [1.165, 1.54) is 11.1 Å². The standard InChI is InChI=1S/C11H15NO/c1-13-9-6-8-4-2-3-5-10(8)11(12)7-9/h2-5,9,11H,6-7,12H2,1H3. The molecule has 1 aliphatic carbocycles. The Morgan fingerprint density at radius 3 is 2.92 bits per heavy atom. The van der Waals surface area contributed by atoms with Crippen molar-refractivity contribution in [3.63, 3.8) is 0 Å². The van der Waals surface area contributed by atoms with Crippen molar-refractivity contribution in [2.45, 2.75) is 25.0 Å². The molecule has 0 spiro atoms. The molecule has 1 aromatic rings. The van der Waals surface area contributed by atoms with Gasteiger partial charge in [0.25, 0.3) is 0 Å². The van der Waals surface area contributed by atoms with Gasteiger partial charge in [0.1, 0.15) is 0 Å². The number of hydrogen-bond acceptors (Lipinski definition) is 2. The maximum absolute atomic E-state index is 6.03. The highest BCUT2D eigenvalue weighted by Crippen LogP contribution is 2.28. The molecule has 1 aliphatic rings. The molecule has 0 aromatic heterocycles. The van der Waals surface area contributed by atoms with Crippen molar-refractivity contribution in [2.24, 2.45) is 5.73 Å². The Labute approximate surface area is 78.7 Å². The Morgan fingerprint density at radius 1 is 1.38 bits per heavy atom. The molecule has 2 nitrogen and oxygen atoms in total. The van der Waals surface area contributed by atoms with Crippen LogP contribution in [0.3, 0.4) is 0 Å². The summed E-state index contributed by atoms with van der Waals surface area (Å²) in [5.41, 5.74) is 8.66. The molecule has 0 aliphatic heterocycles. The number of nitrogens with two attached hydrogens (primary N) is 1. The number of hydrogen-bond donors (Lipinski definition) is 1. The molecule has 2 unspecified atom stereocenters. The first-order valence-corrected chi connectivity index (χ1v) is 4.67. The molecule has 0 heterocycles. The Kier molecular flexibility index (Phi) is 2.34. The molecule has 70 valence electrons. The van der Waals surface area contributed by atoms with Crippen LogP contribution in [0.2, 0.25) is 0 Å². The Balaban J connectivity index is 2.31. The van der Waals surface area contributed by atoms with E-state index >= 15 is 0 Å². The molecule has 0 saturated heterocycles. The second kappa shape index (κ2) is 3.48. The van der Waals surface area contributed by atoms with Crippen LogP contribution < -0.4 is 5.73 Å². The first-order chi connectivity index (χ1) is 6.31. The van der Waals surface area contributed by atoms with Gasteiger partial charge < -0.3 is 10.5 Å². The van der Waals surface area contributed by atoms with Gasteiger partial charge in [-0.1, -0.05) is 24.3 Å². The zero-order valence-corrected chi connectivity index (χ0v) is 7.86. The molecular weight excluding hydrogens is 162 g/mol. The van der Waals surface area contributed by atoms with Crippen LogP contribution in [0.25, 0.3) is 0 Å². The lowest BCUT2D eigenvalue weighted by Crippen LogP contribution is -2.28. The van der Waals surface area contributed by atoms with Crippen LogP contribution in [-0.4, -0.2) is 13.2 Å². The molecule has 0 amide bonds. The summed E-state index contributed by atoms with van der Waals surface area (Å²) in [5.74, 6) is 0. The third-order valence-corrected chi connectivity index (χ3v) is 2.75. The lowest BCUT2D eigenvalue weighted by molar-refractivity contribution is 0.0835. The van der Waals surface area contributed by atoms with Crippen molar-refractivity contribution < 1.29 is 4.74 Å². The normalized spacial score (nSPS) is 26.9.